The van der Waals surface area contributed by atoms with Crippen LogP contribution in [0.1, 0.15) is 40.5 Å². The largest absolute Gasteiger partial charge is 0.492 e. The van der Waals surface area contributed by atoms with Gasteiger partial charge in [0.1, 0.15) is 11.6 Å². The van der Waals surface area contributed by atoms with Gasteiger partial charge in [0.15, 0.2) is 0 Å². The topological polar surface area (TPSA) is 98.2 Å². The number of amides is 2. The lowest BCUT2D eigenvalue weighted by atomic mass is 10.1. The molecule has 0 unspecified atom stereocenters. The monoisotopic (exact) mass is 501 g/mol. The number of aromatic nitrogens is 1. The van der Waals surface area contributed by atoms with Crippen LogP contribution < -0.4 is 19.9 Å². The van der Waals surface area contributed by atoms with Gasteiger partial charge in [0, 0.05) is 38.8 Å². The highest BCUT2D eigenvalue weighted by Gasteiger charge is 2.28. The lowest BCUT2D eigenvalue weighted by Gasteiger charge is -2.29. The van der Waals surface area contributed by atoms with Crippen LogP contribution in [0.5, 0.6) is 5.75 Å². The summed E-state index contributed by atoms with van der Waals surface area (Å²) in [7, 11) is 3.68. The number of rotatable bonds is 5. The number of anilines is 5. The summed E-state index contributed by atoms with van der Waals surface area (Å²) in [4.78, 5) is 36.0. The van der Waals surface area contributed by atoms with Crippen molar-refractivity contribution >= 4 is 40.4 Å². The SMILES string of the molecule is CCOc1cc(C(=O)N2CCC(O)CC2)ccc1Nc1cc2c(cn1)N(C)C(=O)c1ccccc1N2C. The number of nitrogens with one attached hydrogen (secondary N) is 1. The van der Waals surface area contributed by atoms with Crippen molar-refractivity contribution in [3.63, 3.8) is 0 Å². The summed E-state index contributed by atoms with van der Waals surface area (Å²) in [5.74, 6) is 0.963. The van der Waals surface area contributed by atoms with Crippen molar-refractivity contribution in [3.05, 3.63) is 65.9 Å². The third kappa shape index (κ3) is 4.70. The van der Waals surface area contributed by atoms with Crippen LogP contribution in [0.25, 0.3) is 0 Å². The Morgan fingerprint density at radius 3 is 2.57 bits per heavy atom. The van der Waals surface area contributed by atoms with Crippen LogP contribution in [-0.2, 0) is 0 Å². The Morgan fingerprint density at radius 2 is 1.81 bits per heavy atom. The third-order valence-electron chi connectivity index (χ3n) is 6.93. The van der Waals surface area contributed by atoms with Gasteiger partial charge >= 0.3 is 0 Å². The van der Waals surface area contributed by atoms with Crippen LogP contribution >= 0.6 is 0 Å². The number of pyridine rings is 1. The highest BCUT2D eigenvalue weighted by molar-refractivity contribution is 6.13. The number of ether oxygens (including phenoxy) is 1. The fourth-order valence-electron chi connectivity index (χ4n) is 4.82. The van der Waals surface area contributed by atoms with E-state index in [1.807, 2.05) is 55.3 Å². The molecule has 2 amide bonds. The molecular formula is C28H31N5O4. The maximum Gasteiger partial charge on any atom is 0.260 e. The number of carbonyl (C=O) groups is 2. The number of para-hydroxylation sites is 1. The Labute approximate surface area is 216 Å². The molecule has 0 saturated carbocycles. The molecule has 5 rings (SSSR count). The number of nitrogens with zero attached hydrogens (tertiary/aromatic N) is 4. The molecule has 0 aliphatic carbocycles. The molecule has 3 aromatic rings. The molecular weight excluding hydrogens is 470 g/mol. The summed E-state index contributed by atoms with van der Waals surface area (Å²) in [5.41, 5.74) is 4.19. The summed E-state index contributed by atoms with van der Waals surface area (Å²) in [6, 6.07) is 14.8. The third-order valence-corrected chi connectivity index (χ3v) is 6.93. The van der Waals surface area contributed by atoms with Crippen LogP contribution in [-0.4, -0.2) is 66.7 Å². The summed E-state index contributed by atoms with van der Waals surface area (Å²) in [5, 5.41) is 13.1. The molecule has 3 heterocycles. The molecule has 37 heavy (non-hydrogen) atoms. The van der Waals surface area contributed by atoms with Crippen LogP contribution in [0.4, 0.5) is 28.6 Å². The average Bonchev–Trinajstić information content (AvgIpc) is 2.99. The van der Waals surface area contributed by atoms with Crippen molar-refractivity contribution in [1.29, 1.82) is 0 Å². The van der Waals surface area contributed by atoms with Gasteiger partial charge in [0.2, 0.25) is 0 Å². The van der Waals surface area contributed by atoms with Crippen molar-refractivity contribution in [2.75, 3.05) is 48.9 Å². The summed E-state index contributed by atoms with van der Waals surface area (Å²) < 4.78 is 5.87. The molecule has 192 valence electrons. The van der Waals surface area contributed by atoms with Crippen molar-refractivity contribution in [2.24, 2.45) is 0 Å². The number of benzene rings is 2. The Hall–Kier alpha value is -4.11. The second-order valence-electron chi connectivity index (χ2n) is 9.29. The minimum absolute atomic E-state index is 0.0736. The van der Waals surface area contributed by atoms with Gasteiger partial charge in [0.25, 0.3) is 11.8 Å². The second-order valence-corrected chi connectivity index (χ2v) is 9.29. The maximum absolute atomic E-state index is 13.1. The zero-order chi connectivity index (χ0) is 26.1. The molecule has 2 aliphatic heterocycles. The predicted octanol–water partition coefficient (Wildman–Crippen LogP) is 4.18. The van der Waals surface area contributed by atoms with E-state index in [9.17, 15) is 14.7 Å². The zero-order valence-electron chi connectivity index (χ0n) is 21.3. The molecule has 2 N–H and O–H groups in total. The molecule has 1 aromatic heterocycles. The van der Waals surface area contributed by atoms with Crippen molar-refractivity contribution in [2.45, 2.75) is 25.9 Å². The van der Waals surface area contributed by atoms with Gasteiger partial charge in [-0.2, -0.15) is 0 Å². The highest BCUT2D eigenvalue weighted by Crippen LogP contribution is 2.40. The van der Waals surface area contributed by atoms with Crippen LogP contribution in [0.3, 0.4) is 0 Å². The first-order chi connectivity index (χ1) is 17.9. The van der Waals surface area contributed by atoms with Crippen LogP contribution in [0.15, 0.2) is 54.7 Å². The summed E-state index contributed by atoms with van der Waals surface area (Å²) in [6.07, 6.45) is 2.52. The van der Waals surface area contributed by atoms with E-state index >= 15 is 0 Å². The fraction of sp³-hybridized carbons (Fsp3) is 0.321. The van der Waals surface area contributed by atoms with E-state index in [0.717, 1.165) is 11.4 Å². The first-order valence-electron chi connectivity index (χ1n) is 12.5. The van der Waals surface area contributed by atoms with E-state index < -0.39 is 0 Å². The van der Waals surface area contributed by atoms with Gasteiger partial charge in [-0.05, 0) is 50.1 Å². The molecule has 0 atom stereocenters. The average molecular weight is 502 g/mol. The number of fused-ring (bicyclic) bond motifs is 2. The predicted molar refractivity (Wildman–Crippen MR) is 144 cm³/mol. The number of carbonyl (C=O) groups excluding carboxylic acids is 2. The van der Waals surface area contributed by atoms with Gasteiger partial charge in [-0.15, -0.1) is 0 Å². The number of hydrogen-bond donors (Lipinski definition) is 2. The van der Waals surface area contributed by atoms with Crippen LogP contribution in [0.2, 0.25) is 0 Å². The van der Waals surface area contributed by atoms with Crippen LogP contribution in [0, 0.1) is 0 Å². The molecule has 1 fully saturated rings. The molecule has 2 aromatic carbocycles. The van der Waals surface area contributed by atoms with Crippen molar-refractivity contribution in [3.8, 4) is 5.75 Å². The Morgan fingerprint density at radius 1 is 1.05 bits per heavy atom. The smallest absolute Gasteiger partial charge is 0.260 e. The second kappa shape index (κ2) is 10.1. The molecule has 0 bridgehead atoms. The number of aliphatic hydroxyl groups excluding tert-OH is 1. The molecule has 9 nitrogen and oxygen atoms in total. The molecule has 0 spiro atoms. The molecule has 1 saturated heterocycles. The Bertz CT molecular complexity index is 1340. The van der Waals surface area contributed by atoms with Crippen molar-refractivity contribution in [1.82, 2.24) is 9.88 Å². The van der Waals surface area contributed by atoms with Gasteiger partial charge in [0.05, 0.1) is 47.2 Å². The number of likely N-dealkylation sites (tertiary alicyclic amines) is 1. The number of piperidine rings is 1. The van der Waals surface area contributed by atoms with Gasteiger partial charge in [-0.25, -0.2) is 4.98 Å². The highest BCUT2D eigenvalue weighted by atomic mass is 16.5. The minimum atomic E-state index is -0.339. The normalized spacial score (nSPS) is 15.7. The summed E-state index contributed by atoms with van der Waals surface area (Å²) in [6.45, 7) is 3.41. The minimum Gasteiger partial charge on any atom is -0.492 e. The van der Waals surface area contributed by atoms with E-state index in [1.165, 1.54) is 0 Å². The van der Waals surface area contributed by atoms with Gasteiger partial charge in [-0.3, -0.25) is 9.59 Å². The lowest BCUT2D eigenvalue weighted by Crippen LogP contribution is -2.40. The molecule has 2 aliphatic rings. The summed E-state index contributed by atoms with van der Waals surface area (Å²) >= 11 is 0. The number of hydrogen-bond acceptors (Lipinski definition) is 7. The van der Waals surface area contributed by atoms with Crippen molar-refractivity contribution < 1.29 is 19.4 Å². The van der Waals surface area contributed by atoms with E-state index in [2.05, 4.69) is 10.3 Å². The van der Waals surface area contributed by atoms with Gasteiger partial charge < -0.3 is 29.9 Å². The molecule has 0 radical (unpaired) electrons. The van der Waals surface area contributed by atoms with E-state index in [-0.39, 0.29) is 17.9 Å². The molecule has 9 heteroatoms. The Balaban J connectivity index is 1.44. The standard InChI is InChI=1S/C28H31N5O4/c1-4-37-25-15-18(27(35)33-13-11-19(34)12-14-33)9-10-21(25)30-26-16-23-24(17-29-26)32(3)28(36)20-7-5-6-8-22(20)31(23)2/h5-10,15-17,19,34H,4,11-14H2,1-3H3,(H,29,30). The lowest BCUT2D eigenvalue weighted by molar-refractivity contribution is 0.0546. The van der Waals surface area contributed by atoms with E-state index in [0.29, 0.717) is 66.6 Å². The number of aliphatic hydroxyl groups is 1. The first kappa shape index (κ1) is 24.6. The van der Waals surface area contributed by atoms with Gasteiger partial charge in [-0.1, -0.05) is 12.1 Å². The quantitative estimate of drug-likeness (QED) is 0.541. The Kier molecular flexibility index (Phi) is 6.71. The van der Waals surface area contributed by atoms with E-state index in [4.69, 9.17) is 4.74 Å². The van der Waals surface area contributed by atoms with E-state index in [1.54, 1.807) is 35.2 Å². The fourth-order valence-corrected chi connectivity index (χ4v) is 4.82. The zero-order valence-corrected chi connectivity index (χ0v) is 21.3. The first-order valence-corrected chi connectivity index (χ1v) is 12.5. The maximum atomic E-state index is 13.1.